The predicted molar refractivity (Wildman–Crippen MR) is 84.6 cm³/mol. The minimum atomic E-state index is -0.890. The van der Waals surface area contributed by atoms with E-state index < -0.39 is 12.0 Å². The van der Waals surface area contributed by atoms with Crippen LogP contribution in [0.2, 0.25) is 0 Å². The largest absolute Gasteiger partial charge is 0.480 e. The normalized spacial score (nSPS) is 17.6. The highest BCUT2D eigenvalue weighted by molar-refractivity contribution is 5.97. The molecule has 1 heterocycles. The first-order valence-corrected chi connectivity index (χ1v) is 6.85. The number of nitrogens with zero attached hydrogens (tertiary/aromatic N) is 1. The van der Waals surface area contributed by atoms with Crippen molar-refractivity contribution >= 4 is 35.8 Å². The van der Waals surface area contributed by atoms with Crippen molar-refractivity contribution < 1.29 is 19.5 Å². The van der Waals surface area contributed by atoms with E-state index in [9.17, 15) is 14.4 Å². The maximum Gasteiger partial charge on any atom is 0.320 e. The Hall–Kier alpha value is -1.92. The second-order valence-corrected chi connectivity index (χ2v) is 5.15. The van der Waals surface area contributed by atoms with Crippen molar-refractivity contribution in [3.05, 3.63) is 29.8 Å². The smallest absolute Gasteiger partial charge is 0.320 e. The third-order valence-corrected chi connectivity index (χ3v) is 3.55. The number of carbonyl (C=O) groups is 3. The van der Waals surface area contributed by atoms with Crippen LogP contribution >= 0.6 is 12.4 Å². The summed E-state index contributed by atoms with van der Waals surface area (Å²) in [5.41, 5.74) is 1.07. The van der Waals surface area contributed by atoms with Crippen molar-refractivity contribution in [2.75, 3.05) is 18.4 Å². The minimum absolute atomic E-state index is 0. The standard InChI is InChI=1S/C15H18N2O4.ClH/c1-10(18)11-4-2-5-12(8-11)16-14(19)9-17-7-3-6-13(17)15(20)21;/h2,4-5,8,13H,3,6-7,9H2,1H3,(H,16,19)(H,20,21);1H. The Kier molecular flexibility index (Phi) is 6.52. The van der Waals surface area contributed by atoms with Crippen molar-refractivity contribution in [1.82, 2.24) is 4.90 Å². The molecule has 0 spiro atoms. The van der Waals surface area contributed by atoms with Crippen molar-refractivity contribution in [2.45, 2.75) is 25.8 Å². The Balaban J connectivity index is 0.00000242. The molecule has 7 heteroatoms. The molecule has 6 nitrogen and oxygen atoms in total. The number of hydrogen-bond donors (Lipinski definition) is 2. The summed E-state index contributed by atoms with van der Waals surface area (Å²) in [6.45, 7) is 2.11. The highest BCUT2D eigenvalue weighted by Crippen LogP contribution is 2.17. The molecule has 1 aliphatic rings. The number of benzene rings is 1. The van der Waals surface area contributed by atoms with Crippen LogP contribution in [0.4, 0.5) is 5.69 Å². The SMILES string of the molecule is CC(=O)c1cccc(NC(=O)CN2CCCC2C(=O)O)c1.Cl. The molecule has 0 radical (unpaired) electrons. The van der Waals surface area contributed by atoms with E-state index >= 15 is 0 Å². The fourth-order valence-electron chi connectivity index (χ4n) is 2.50. The number of nitrogens with one attached hydrogen (secondary N) is 1. The second-order valence-electron chi connectivity index (χ2n) is 5.15. The van der Waals surface area contributed by atoms with Crippen LogP contribution in [-0.2, 0) is 9.59 Å². The molecule has 2 N–H and O–H groups in total. The molecule has 1 fully saturated rings. The molecule has 0 aliphatic carbocycles. The van der Waals surface area contributed by atoms with Gasteiger partial charge in [-0.05, 0) is 38.4 Å². The van der Waals surface area contributed by atoms with E-state index in [1.807, 2.05) is 0 Å². The molecule has 2 rings (SSSR count). The van der Waals surface area contributed by atoms with Crippen molar-refractivity contribution in [2.24, 2.45) is 0 Å². The number of rotatable bonds is 5. The average Bonchev–Trinajstić information content (AvgIpc) is 2.87. The van der Waals surface area contributed by atoms with Crippen molar-refractivity contribution in [3.8, 4) is 0 Å². The van der Waals surface area contributed by atoms with Gasteiger partial charge in [0.15, 0.2) is 5.78 Å². The Labute approximate surface area is 134 Å². The first kappa shape index (κ1) is 18.1. The summed E-state index contributed by atoms with van der Waals surface area (Å²) in [7, 11) is 0. The van der Waals surface area contributed by atoms with Gasteiger partial charge in [0.05, 0.1) is 6.54 Å². The lowest BCUT2D eigenvalue weighted by Crippen LogP contribution is -2.40. The van der Waals surface area contributed by atoms with Crippen LogP contribution in [0.3, 0.4) is 0 Å². The number of ketones is 1. The van der Waals surface area contributed by atoms with E-state index in [4.69, 9.17) is 5.11 Å². The quantitative estimate of drug-likeness (QED) is 0.806. The molecule has 1 amide bonds. The Bertz CT molecular complexity index is 576. The molecule has 1 atom stereocenters. The number of amides is 1. The lowest BCUT2D eigenvalue weighted by molar-refractivity contribution is -0.142. The average molecular weight is 327 g/mol. The Morgan fingerprint density at radius 1 is 1.36 bits per heavy atom. The summed E-state index contributed by atoms with van der Waals surface area (Å²) in [4.78, 5) is 36.0. The Morgan fingerprint density at radius 3 is 2.73 bits per heavy atom. The number of carboxylic acids is 1. The first-order valence-electron chi connectivity index (χ1n) is 6.85. The second kappa shape index (κ2) is 7.91. The number of Topliss-reactive ketones (excluding diaryl/α,β-unsaturated/α-hetero) is 1. The van der Waals surface area contributed by atoms with Gasteiger partial charge in [-0.3, -0.25) is 19.3 Å². The van der Waals surface area contributed by atoms with E-state index in [1.165, 1.54) is 6.92 Å². The van der Waals surface area contributed by atoms with Crippen molar-refractivity contribution in [1.29, 1.82) is 0 Å². The monoisotopic (exact) mass is 326 g/mol. The number of carbonyl (C=O) groups excluding carboxylic acids is 2. The highest BCUT2D eigenvalue weighted by Gasteiger charge is 2.31. The van der Waals surface area contributed by atoms with E-state index in [1.54, 1.807) is 29.2 Å². The van der Waals surface area contributed by atoms with Crippen molar-refractivity contribution in [3.63, 3.8) is 0 Å². The summed E-state index contributed by atoms with van der Waals surface area (Å²) in [6.07, 6.45) is 1.35. The number of anilines is 1. The lowest BCUT2D eigenvalue weighted by atomic mass is 10.1. The molecule has 1 aliphatic heterocycles. The van der Waals surface area contributed by atoms with Crippen LogP contribution in [0.1, 0.15) is 30.1 Å². The van der Waals surface area contributed by atoms with Crippen LogP contribution in [-0.4, -0.2) is 46.8 Å². The zero-order valence-electron chi connectivity index (χ0n) is 12.2. The van der Waals surface area contributed by atoms with Gasteiger partial charge in [0.2, 0.25) is 5.91 Å². The van der Waals surface area contributed by atoms with Gasteiger partial charge in [-0.15, -0.1) is 12.4 Å². The zero-order valence-corrected chi connectivity index (χ0v) is 13.1. The molecular weight excluding hydrogens is 308 g/mol. The third-order valence-electron chi connectivity index (χ3n) is 3.55. The van der Waals surface area contributed by atoms with Gasteiger partial charge < -0.3 is 10.4 Å². The van der Waals surface area contributed by atoms with Gasteiger partial charge in [0, 0.05) is 11.3 Å². The summed E-state index contributed by atoms with van der Waals surface area (Å²) in [6, 6.07) is 6.10. The number of carboxylic acid groups (broad SMARTS) is 1. The van der Waals surface area contributed by atoms with Crippen LogP contribution in [0, 0.1) is 0 Å². The number of hydrogen-bond acceptors (Lipinski definition) is 4. The summed E-state index contributed by atoms with van der Waals surface area (Å²) in [5, 5.41) is 11.8. The Morgan fingerprint density at radius 2 is 2.09 bits per heavy atom. The van der Waals surface area contributed by atoms with Crippen LogP contribution in [0.25, 0.3) is 0 Å². The highest BCUT2D eigenvalue weighted by atomic mass is 35.5. The molecule has 1 aromatic rings. The van der Waals surface area contributed by atoms with E-state index in [-0.39, 0.29) is 30.6 Å². The third kappa shape index (κ3) is 4.54. The van der Waals surface area contributed by atoms with Crippen LogP contribution < -0.4 is 5.32 Å². The molecule has 1 saturated heterocycles. The van der Waals surface area contributed by atoms with Crippen LogP contribution in [0.15, 0.2) is 24.3 Å². The zero-order chi connectivity index (χ0) is 15.4. The first-order chi connectivity index (χ1) is 9.97. The molecular formula is C15H19ClN2O4. The number of aliphatic carboxylic acids is 1. The molecule has 0 aromatic heterocycles. The maximum atomic E-state index is 12.0. The minimum Gasteiger partial charge on any atom is -0.480 e. The van der Waals surface area contributed by atoms with Gasteiger partial charge in [-0.1, -0.05) is 12.1 Å². The van der Waals surface area contributed by atoms with Crippen LogP contribution in [0.5, 0.6) is 0 Å². The van der Waals surface area contributed by atoms with Gasteiger partial charge in [0.25, 0.3) is 0 Å². The lowest BCUT2D eigenvalue weighted by Gasteiger charge is -2.20. The molecule has 1 aromatic carbocycles. The van der Waals surface area contributed by atoms with Gasteiger partial charge in [-0.25, -0.2) is 0 Å². The number of likely N-dealkylation sites (tertiary alicyclic amines) is 1. The van der Waals surface area contributed by atoms with E-state index in [0.717, 1.165) is 6.42 Å². The summed E-state index contributed by atoms with van der Waals surface area (Å²) >= 11 is 0. The predicted octanol–water partition coefficient (Wildman–Crippen LogP) is 1.80. The number of halogens is 1. The molecule has 0 saturated carbocycles. The molecule has 1 unspecified atom stereocenters. The maximum absolute atomic E-state index is 12.0. The molecule has 120 valence electrons. The van der Waals surface area contributed by atoms with E-state index in [0.29, 0.717) is 24.2 Å². The van der Waals surface area contributed by atoms with E-state index in [2.05, 4.69) is 5.32 Å². The fraction of sp³-hybridized carbons (Fsp3) is 0.400. The molecule has 0 bridgehead atoms. The summed E-state index contributed by atoms with van der Waals surface area (Å²) < 4.78 is 0. The summed E-state index contributed by atoms with van der Waals surface area (Å²) in [5.74, 6) is -1.24. The van der Waals surface area contributed by atoms with Gasteiger partial charge in [-0.2, -0.15) is 0 Å². The van der Waals surface area contributed by atoms with Gasteiger partial charge >= 0.3 is 5.97 Å². The molecule has 22 heavy (non-hydrogen) atoms. The topological polar surface area (TPSA) is 86.7 Å². The fourth-order valence-corrected chi connectivity index (χ4v) is 2.50. The van der Waals surface area contributed by atoms with Gasteiger partial charge in [0.1, 0.15) is 6.04 Å².